The molecule has 0 saturated carbocycles. The second kappa shape index (κ2) is 5.53. The van der Waals surface area contributed by atoms with Gasteiger partial charge >= 0.3 is 0 Å². The lowest BCUT2D eigenvalue weighted by Gasteiger charge is -2.06. The molecule has 0 spiro atoms. The molecule has 1 aromatic carbocycles. The Kier molecular flexibility index (Phi) is 3.82. The third kappa shape index (κ3) is 2.61. The second-order valence-corrected chi connectivity index (χ2v) is 3.96. The van der Waals surface area contributed by atoms with E-state index in [1.165, 1.54) is 5.56 Å². The van der Waals surface area contributed by atoms with Gasteiger partial charge in [0.2, 0.25) is 5.95 Å². The monoisotopic (exact) mass is 246 g/mol. The summed E-state index contributed by atoms with van der Waals surface area (Å²) in [6, 6.07) is 7.97. The Balaban J connectivity index is 2.18. The van der Waals surface area contributed by atoms with Crippen molar-refractivity contribution in [2.24, 2.45) is 0 Å². The molecule has 0 aliphatic rings. The molecular formula is C13H18N4O. The van der Waals surface area contributed by atoms with Crippen LogP contribution in [0.15, 0.2) is 24.3 Å². The van der Waals surface area contributed by atoms with Gasteiger partial charge in [0.15, 0.2) is 5.82 Å². The van der Waals surface area contributed by atoms with E-state index in [4.69, 9.17) is 4.74 Å². The third-order valence-electron chi connectivity index (χ3n) is 2.75. The van der Waals surface area contributed by atoms with Crippen LogP contribution in [0.2, 0.25) is 0 Å². The quantitative estimate of drug-likeness (QED) is 0.876. The molecule has 1 heterocycles. The molecule has 0 saturated heterocycles. The van der Waals surface area contributed by atoms with Crippen molar-refractivity contribution in [3.63, 3.8) is 0 Å². The fourth-order valence-corrected chi connectivity index (χ4v) is 1.74. The summed E-state index contributed by atoms with van der Waals surface area (Å²) in [5.41, 5.74) is 1.17. The number of rotatable bonds is 5. The summed E-state index contributed by atoms with van der Waals surface area (Å²) in [6.07, 6.45) is 0.838. The molecule has 5 heteroatoms. The standard InChI is InChI=1S/C13H18N4O/c1-4-12-15-13(14-2)17(16-12)9-10-5-7-11(18-3)8-6-10/h5-8H,4,9H2,1-3H3,(H,14,15,16). The number of hydrogen-bond acceptors (Lipinski definition) is 4. The van der Waals surface area contributed by atoms with E-state index in [-0.39, 0.29) is 0 Å². The van der Waals surface area contributed by atoms with Gasteiger partial charge in [-0.1, -0.05) is 19.1 Å². The van der Waals surface area contributed by atoms with Gasteiger partial charge in [-0.05, 0) is 17.7 Å². The Hall–Kier alpha value is -2.04. The lowest BCUT2D eigenvalue weighted by molar-refractivity contribution is 0.414. The summed E-state index contributed by atoms with van der Waals surface area (Å²) in [5, 5.41) is 7.51. The molecule has 0 atom stereocenters. The highest BCUT2D eigenvalue weighted by molar-refractivity contribution is 5.29. The molecule has 0 radical (unpaired) electrons. The first-order valence-electron chi connectivity index (χ1n) is 6.01. The van der Waals surface area contributed by atoms with Crippen molar-refractivity contribution < 1.29 is 4.74 Å². The molecule has 0 fully saturated rings. The molecule has 0 aliphatic carbocycles. The Labute approximate surface area is 107 Å². The molecule has 1 aromatic heterocycles. The van der Waals surface area contributed by atoms with E-state index in [0.29, 0.717) is 6.54 Å². The van der Waals surface area contributed by atoms with Gasteiger partial charge in [0.25, 0.3) is 0 Å². The van der Waals surface area contributed by atoms with E-state index in [2.05, 4.69) is 15.4 Å². The number of anilines is 1. The highest BCUT2D eigenvalue weighted by Gasteiger charge is 2.07. The fraction of sp³-hybridized carbons (Fsp3) is 0.385. The minimum Gasteiger partial charge on any atom is -0.497 e. The molecule has 18 heavy (non-hydrogen) atoms. The molecule has 96 valence electrons. The Morgan fingerprint density at radius 3 is 2.56 bits per heavy atom. The number of aromatic nitrogens is 3. The van der Waals surface area contributed by atoms with Crippen LogP contribution < -0.4 is 10.1 Å². The van der Waals surface area contributed by atoms with Crippen LogP contribution in [-0.2, 0) is 13.0 Å². The SMILES string of the molecule is CCc1nc(NC)n(Cc2ccc(OC)cc2)n1. The Morgan fingerprint density at radius 1 is 1.28 bits per heavy atom. The zero-order valence-electron chi connectivity index (χ0n) is 11.0. The summed E-state index contributed by atoms with van der Waals surface area (Å²) in [7, 11) is 3.52. The molecule has 0 unspecified atom stereocenters. The van der Waals surface area contributed by atoms with E-state index >= 15 is 0 Å². The first-order valence-corrected chi connectivity index (χ1v) is 6.01. The van der Waals surface area contributed by atoms with Gasteiger partial charge < -0.3 is 10.1 Å². The van der Waals surface area contributed by atoms with E-state index in [0.717, 1.165) is 23.9 Å². The number of methoxy groups -OCH3 is 1. The number of hydrogen-bond donors (Lipinski definition) is 1. The summed E-state index contributed by atoms with van der Waals surface area (Å²) in [5.74, 6) is 2.51. The zero-order valence-corrected chi connectivity index (χ0v) is 11.0. The van der Waals surface area contributed by atoms with Crippen LogP contribution in [0.25, 0.3) is 0 Å². The lowest BCUT2D eigenvalue weighted by Crippen LogP contribution is -2.06. The van der Waals surface area contributed by atoms with Gasteiger partial charge in [-0.15, -0.1) is 0 Å². The van der Waals surface area contributed by atoms with Gasteiger partial charge in [-0.2, -0.15) is 10.1 Å². The number of nitrogens with zero attached hydrogens (tertiary/aromatic N) is 3. The maximum atomic E-state index is 5.14. The number of nitrogens with one attached hydrogen (secondary N) is 1. The molecule has 5 nitrogen and oxygen atoms in total. The average Bonchev–Trinajstić information content (AvgIpc) is 2.82. The van der Waals surface area contributed by atoms with Gasteiger partial charge in [-0.3, -0.25) is 0 Å². The minimum atomic E-state index is 0.702. The number of aryl methyl sites for hydroxylation is 1. The number of ether oxygens (including phenoxy) is 1. The Bertz CT molecular complexity index is 504. The van der Waals surface area contributed by atoms with Crippen LogP contribution in [0, 0.1) is 0 Å². The molecule has 2 aromatic rings. The van der Waals surface area contributed by atoms with Crippen molar-refractivity contribution in [2.75, 3.05) is 19.5 Å². The van der Waals surface area contributed by atoms with Crippen LogP contribution in [0.3, 0.4) is 0 Å². The largest absolute Gasteiger partial charge is 0.497 e. The second-order valence-electron chi connectivity index (χ2n) is 3.96. The highest BCUT2D eigenvalue weighted by atomic mass is 16.5. The van der Waals surface area contributed by atoms with Crippen molar-refractivity contribution in [1.29, 1.82) is 0 Å². The van der Waals surface area contributed by atoms with E-state index in [9.17, 15) is 0 Å². The maximum absolute atomic E-state index is 5.14. The molecule has 0 aliphatic heterocycles. The molecule has 1 N–H and O–H groups in total. The van der Waals surface area contributed by atoms with Crippen molar-refractivity contribution in [2.45, 2.75) is 19.9 Å². The van der Waals surface area contributed by atoms with Crippen molar-refractivity contribution in [1.82, 2.24) is 14.8 Å². The van der Waals surface area contributed by atoms with Crippen molar-refractivity contribution >= 4 is 5.95 Å². The zero-order chi connectivity index (χ0) is 13.0. The van der Waals surface area contributed by atoms with Gasteiger partial charge in [-0.25, -0.2) is 4.68 Å². The summed E-state index contributed by atoms with van der Waals surface area (Å²) in [4.78, 5) is 4.39. The molecule has 0 bridgehead atoms. The fourth-order valence-electron chi connectivity index (χ4n) is 1.74. The maximum Gasteiger partial charge on any atom is 0.221 e. The summed E-state index contributed by atoms with van der Waals surface area (Å²) in [6.45, 7) is 2.75. The first-order chi connectivity index (χ1) is 8.76. The van der Waals surface area contributed by atoms with Gasteiger partial charge in [0.05, 0.1) is 13.7 Å². The minimum absolute atomic E-state index is 0.702. The number of benzene rings is 1. The van der Waals surface area contributed by atoms with Crippen LogP contribution in [0.1, 0.15) is 18.3 Å². The van der Waals surface area contributed by atoms with Crippen LogP contribution >= 0.6 is 0 Å². The topological polar surface area (TPSA) is 52.0 Å². The van der Waals surface area contributed by atoms with Gasteiger partial charge in [0.1, 0.15) is 5.75 Å². The summed E-state index contributed by atoms with van der Waals surface area (Å²) < 4.78 is 7.01. The van der Waals surface area contributed by atoms with Crippen LogP contribution in [0.4, 0.5) is 5.95 Å². The predicted octanol–water partition coefficient (Wildman–Crippen LogP) is 1.94. The first kappa shape index (κ1) is 12.4. The summed E-state index contributed by atoms with van der Waals surface area (Å²) >= 11 is 0. The highest BCUT2D eigenvalue weighted by Crippen LogP contribution is 2.14. The van der Waals surface area contributed by atoms with Crippen LogP contribution in [-0.4, -0.2) is 28.9 Å². The Morgan fingerprint density at radius 2 is 2.00 bits per heavy atom. The normalized spacial score (nSPS) is 10.4. The van der Waals surface area contributed by atoms with Gasteiger partial charge in [0, 0.05) is 13.5 Å². The third-order valence-corrected chi connectivity index (χ3v) is 2.75. The van der Waals surface area contributed by atoms with E-state index < -0.39 is 0 Å². The lowest BCUT2D eigenvalue weighted by atomic mass is 10.2. The molecule has 2 rings (SSSR count). The average molecular weight is 246 g/mol. The van der Waals surface area contributed by atoms with E-state index in [1.807, 2.05) is 42.9 Å². The predicted molar refractivity (Wildman–Crippen MR) is 71.0 cm³/mol. The van der Waals surface area contributed by atoms with Crippen molar-refractivity contribution in [3.8, 4) is 5.75 Å². The van der Waals surface area contributed by atoms with Crippen molar-refractivity contribution in [3.05, 3.63) is 35.7 Å². The van der Waals surface area contributed by atoms with E-state index in [1.54, 1.807) is 7.11 Å². The van der Waals surface area contributed by atoms with Crippen LogP contribution in [0.5, 0.6) is 5.75 Å². The molecule has 0 amide bonds. The molecular weight excluding hydrogens is 228 g/mol. The smallest absolute Gasteiger partial charge is 0.221 e.